The number of amides is 1. The molecule has 0 N–H and O–H groups in total. The summed E-state index contributed by atoms with van der Waals surface area (Å²) in [6.07, 6.45) is -1.85. The predicted octanol–water partition coefficient (Wildman–Crippen LogP) is 3.80. The molecule has 1 aliphatic rings. The minimum atomic E-state index is -2.63. The average Bonchev–Trinajstić information content (AvgIpc) is 2.42. The summed E-state index contributed by atoms with van der Waals surface area (Å²) in [4.78, 5) is 13.5. The zero-order valence-corrected chi connectivity index (χ0v) is 16.1. The van der Waals surface area contributed by atoms with E-state index >= 15 is 0 Å². The van der Waals surface area contributed by atoms with E-state index < -0.39 is 39.6 Å². The molecule has 140 valence electrons. The maximum atomic E-state index is 13.6. The molecule has 8 heteroatoms. The minimum absolute atomic E-state index is 0.0642. The number of halogens is 2. The van der Waals surface area contributed by atoms with E-state index in [0.717, 1.165) is 6.21 Å². The van der Waals surface area contributed by atoms with E-state index in [9.17, 15) is 18.1 Å². The maximum absolute atomic E-state index is 13.6. The molecule has 24 heavy (non-hydrogen) atoms. The highest BCUT2D eigenvalue weighted by Gasteiger charge is 2.44. The summed E-state index contributed by atoms with van der Waals surface area (Å²) in [6.45, 7) is 10.8. The maximum Gasteiger partial charge on any atom is 0.410 e. The van der Waals surface area contributed by atoms with Crippen molar-refractivity contribution in [3.05, 3.63) is 0 Å². The van der Waals surface area contributed by atoms with Crippen LogP contribution in [0.25, 0.3) is 0 Å². The third kappa shape index (κ3) is 5.88. The van der Waals surface area contributed by atoms with Crippen LogP contribution in [0.2, 0.25) is 0 Å². The van der Waals surface area contributed by atoms with Crippen molar-refractivity contribution < 1.29 is 22.9 Å². The van der Waals surface area contributed by atoms with Crippen molar-refractivity contribution in [3.63, 3.8) is 0 Å². The Morgan fingerprint density at radius 3 is 2.12 bits per heavy atom. The van der Waals surface area contributed by atoms with Gasteiger partial charge in [0.15, 0.2) is 0 Å². The van der Waals surface area contributed by atoms with Crippen LogP contribution < -0.4 is 0 Å². The van der Waals surface area contributed by atoms with Gasteiger partial charge < -0.3 is 14.2 Å². The van der Waals surface area contributed by atoms with Gasteiger partial charge in [-0.05, 0) is 54.4 Å². The van der Waals surface area contributed by atoms with E-state index in [1.165, 1.54) is 4.90 Å². The number of nitrogens with zero attached hydrogens (tertiary/aromatic N) is 2. The zero-order chi connectivity index (χ0) is 18.8. The van der Waals surface area contributed by atoms with Crippen molar-refractivity contribution in [2.75, 3.05) is 13.1 Å². The van der Waals surface area contributed by atoms with Gasteiger partial charge in [0.1, 0.15) is 21.7 Å². The van der Waals surface area contributed by atoms with Crippen LogP contribution in [0.1, 0.15) is 54.4 Å². The van der Waals surface area contributed by atoms with Crippen molar-refractivity contribution in [1.82, 2.24) is 4.90 Å². The number of hydrogen-bond donors (Lipinski definition) is 0. The largest absolute Gasteiger partial charge is 0.591 e. The molecule has 0 aliphatic carbocycles. The van der Waals surface area contributed by atoms with Gasteiger partial charge in [0.05, 0.1) is 11.6 Å². The van der Waals surface area contributed by atoms with E-state index in [1.54, 1.807) is 41.5 Å². The third-order valence-corrected chi connectivity index (χ3v) is 5.05. The standard InChI is InChI=1S/C16H28F2N2O3S/c1-14(2,3)23-13(21)20-9-7-16(8-10-20,12(17)18)11-19-24(22)15(4,5)6/h11-12H,7-10H2,1-6H3. The van der Waals surface area contributed by atoms with Gasteiger partial charge in [0, 0.05) is 13.1 Å². The third-order valence-electron chi connectivity index (χ3n) is 3.71. The lowest BCUT2D eigenvalue weighted by Gasteiger charge is -2.38. The molecule has 0 bridgehead atoms. The van der Waals surface area contributed by atoms with Gasteiger partial charge >= 0.3 is 6.09 Å². The second-order valence-corrected chi connectivity index (χ2v) is 10.0. The lowest BCUT2D eigenvalue weighted by molar-refractivity contribution is -0.0157. The lowest BCUT2D eigenvalue weighted by atomic mass is 9.80. The number of likely N-dealkylation sites (tertiary alicyclic amines) is 1. The predicted molar refractivity (Wildman–Crippen MR) is 91.9 cm³/mol. The van der Waals surface area contributed by atoms with E-state index in [1.807, 2.05) is 0 Å². The number of ether oxygens (including phenoxy) is 1. The van der Waals surface area contributed by atoms with Crippen molar-refractivity contribution in [2.45, 2.75) is 71.2 Å². The SMILES string of the molecule is CC(C)(C)OC(=O)N1CCC(C=N[S+]([O-])C(C)(C)C)(C(F)F)CC1. The van der Waals surface area contributed by atoms with Gasteiger partial charge in [-0.1, -0.05) is 4.40 Å². The van der Waals surface area contributed by atoms with Crippen LogP contribution in [0.5, 0.6) is 0 Å². The molecule has 1 amide bonds. The molecule has 0 aromatic carbocycles. The Morgan fingerprint density at radius 1 is 1.25 bits per heavy atom. The van der Waals surface area contributed by atoms with Gasteiger partial charge in [0.25, 0.3) is 0 Å². The Hall–Kier alpha value is -0.890. The fourth-order valence-electron chi connectivity index (χ4n) is 2.15. The second kappa shape index (κ2) is 7.56. The molecule has 1 saturated heterocycles. The van der Waals surface area contributed by atoms with Gasteiger partial charge in [-0.2, -0.15) is 0 Å². The fraction of sp³-hybridized carbons (Fsp3) is 0.875. The highest BCUT2D eigenvalue weighted by atomic mass is 32.2. The summed E-state index contributed by atoms with van der Waals surface area (Å²) in [5.74, 6) is 0. The Labute approximate surface area is 146 Å². The quantitative estimate of drug-likeness (QED) is 0.564. The molecule has 1 atom stereocenters. The molecule has 0 radical (unpaired) electrons. The Balaban J connectivity index is 2.77. The van der Waals surface area contributed by atoms with Crippen LogP contribution in [0.3, 0.4) is 0 Å². The van der Waals surface area contributed by atoms with Gasteiger partial charge in [-0.25, -0.2) is 13.6 Å². The summed E-state index contributed by atoms with van der Waals surface area (Å²) in [7, 11) is 0. The van der Waals surface area contributed by atoms with E-state index in [-0.39, 0.29) is 25.9 Å². The molecule has 1 unspecified atom stereocenters. The topological polar surface area (TPSA) is 65.0 Å². The summed E-state index contributed by atoms with van der Waals surface area (Å²) < 4.78 is 47.7. The summed E-state index contributed by atoms with van der Waals surface area (Å²) >= 11 is -1.58. The van der Waals surface area contributed by atoms with Crippen molar-refractivity contribution in [3.8, 4) is 0 Å². The molecule has 1 fully saturated rings. The van der Waals surface area contributed by atoms with Gasteiger partial charge in [-0.15, -0.1) is 0 Å². The molecule has 1 rings (SSSR count). The van der Waals surface area contributed by atoms with Crippen LogP contribution in [0.15, 0.2) is 4.40 Å². The Bertz CT molecular complexity index is 465. The zero-order valence-electron chi connectivity index (χ0n) is 15.3. The van der Waals surface area contributed by atoms with Crippen LogP contribution in [0, 0.1) is 5.41 Å². The van der Waals surface area contributed by atoms with E-state index in [0.29, 0.717) is 0 Å². The fourth-order valence-corrected chi connectivity index (χ4v) is 2.77. The highest BCUT2D eigenvalue weighted by Crippen LogP contribution is 2.37. The molecular weight excluding hydrogens is 338 g/mol. The monoisotopic (exact) mass is 366 g/mol. The first-order chi connectivity index (χ1) is 10.8. The number of piperidine rings is 1. The normalized spacial score (nSPS) is 20.5. The summed E-state index contributed by atoms with van der Waals surface area (Å²) in [5, 5.41) is 0. The molecule has 0 aromatic rings. The lowest BCUT2D eigenvalue weighted by Crippen LogP contribution is -2.48. The van der Waals surface area contributed by atoms with Crippen molar-refractivity contribution in [2.24, 2.45) is 9.81 Å². The highest BCUT2D eigenvalue weighted by molar-refractivity contribution is 7.91. The van der Waals surface area contributed by atoms with Crippen LogP contribution >= 0.6 is 0 Å². The van der Waals surface area contributed by atoms with E-state index in [4.69, 9.17) is 4.74 Å². The van der Waals surface area contributed by atoms with Gasteiger partial charge in [-0.3, -0.25) is 0 Å². The first-order valence-electron chi connectivity index (χ1n) is 8.00. The van der Waals surface area contributed by atoms with Crippen molar-refractivity contribution in [1.29, 1.82) is 0 Å². The Morgan fingerprint density at radius 2 is 1.75 bits per heavy atom. The van der Waals surface area contributed by atoms with Gasteiger partial charge in [0.2, 0.25) is 6.43 Å². The van der Waals surface area contributed by atoms with E-state index in [2.05, 4.69) is 4.40 Å². The first kappa shape index (κ1) is 21.2. The van der Waals surface area contributed by atoms with Crippen LogP contribution in [-0.2, 0) is 16.1 Å². The number of carbonyl (C=O) groups is 1. The average molecular weight is 366 g/mol. The molecule has 1 aliphatic heterocycles. The van der Waals surface area contributed by atoms with Crippen LogP contribution in [-0.4, -0.2) is 51.6 Å². The minimum Gasteiger partial charge on any atom is -0.591 e. The summed E-state index contributed by atoms with van der Waals surface area (Å²) in [6, 6.07) is 0. The summed E-state index contributed by atoms with van der Waals surface area (Å²) in [5.41, 5.74) is -2.07. The Kier molecular flexibility index (Phi) is 6.66. The van der Waals surface area contributed by atoms with Crippen LogP contribution in [0.4, 0.5) is 13.6 Å². The molecule has 0 spiro atoms. The smallest absolute Gasteiger partial charge is 0.410 e. The van der Waals surface area contributed by atoms with Crippen molar-refractivity contribution >= 4 is 23.7 Å². The number of alkyl halides is 2. The molecule has 0 aromatic heterocycles. The second-order valence-electron chi connectivity index (χ2n) is 8.10. The molecule has 0 saturated carbocycles. The molecule has 5 nitrogen and oxygen atoms in total. The molecular formula is C16H28F2N2O3S. The number of hydrogen-bond acceptors (Lipinski definition) is 4. The molecule has 1 heterocycles. The number of rotatable bonds is 3. The first-order valence-corrected chi connectivity index (χ1v) is 9.11. The number of carbonyl (C=O) groups excluding carboxylic acids is 1.